The van der Waals surface area contributed by atoms with Gasteiger partial charge < -0.3 is 16.6 Å². The van der Waals surface area contributed by atoms with E-state index in [0.717, 1.165) is 17.5 Å². The first-order valence-corrected chi connectivity index (χ1v) is 5.51. The van der Waals surface area contributed by atoms with Crippen LogP contribution in [0.2, 0.25) is 0 Å². The van der Waals surface area contributed by atoms with E-state index in [1.54, 1.807) is 18.0 Å². The zero-order valence-electron chi connectivity index (χ0n) is 10.2. The van der Waals surface area contributed by atoms with Crippen LogP contribution in [0.25, 0.3) is 0 Å². The Morgan fingerprint density at radius 3 is 2.59 bits per heavy atom. The summed E-state index contributed by atoms with van der Waals surface area (Å²) in [5, 5.41) is 8.71. The van der Waals surface area contributed by atoms with Crippen molar-refractivity contribution >= 4 is 17.3 Å². The molecule has 0 saturated heterocycles. The molecule has 0 aliphatic rings. The largest absolute Gasteiger partial charge is 0.480 e. The van der Waals surface area contributed by atoms with Crippen molar-refractivity contribution in [2.24, 2.45) is 0 Å². The monoisotopic (exact) mass is 237 g/mol. The summed E-state index contributed by atoms with van der Waals surface area (Å²) in [5.41, 5.74) is 14.8. The van der Waals surface area contributed by atoms with Gasteiger partial charge in [0.1, 0.15) is 0 Å². The Hall–Kier alpha value is -1.75. The number of likely N-dealkylation sites (N-methyl/N-ethyl adjacent to an activating group) is 1. The second-order valence-corrected chi connectivity index (χ2v) is 4.13. The fourth-order valence-corrected chi connectivity index (χ4v) is 1.80. The van der Waals surface area contributed by atoms with Crippen LogP contribution in [0.4, 0.5) is 11.4 Å². The van der Waals surface area contributed by atoms with Crippen molar-refractivity contribution in [3.05, 3.63) is 23.3 Å². The number of aryl methyl sites for hydroxylation is 1. The van der Waals surface area contributed by atoms with Crippen LogP contribution in [0.5, 0.6) is 0 Å². The minimum atomic E-state index is -0.854. The average Bonchev–Trinajstić information content (AvgIpc) is 2.24. The highest BCUT2D eigenvalue weighted by Crippen LogP contribution is 2.25. The summed E-state index contributed by atoms with van der Waals surface area (Å²) < 4.78 is 0. The Balaban J connectivity index is 2.95. The van der Waals surface area contributed by atoms with E-state index in [-0.39, 0.29) is 6.54 Å². The first-order chi connectivity index (χ1) is 7.95. The predicted molar refractivity (Wildman–Crippen MR) is 68.6 cm³/mol. The Morgan fingerprint density at radius 2 is 2.06 bits per heavy atom. The Labute approximate surface area is 101 Å². The number of hydrogen-bond donors (Lipinski definition) is 3. The minimum Gasteiger partial charge on any atom is -0.480 e. The summed E-state index contributed by atoms with van der Waals surface area (Å²) in [6.07, 6.45) is 0.848. The van der Waals surface area contributed by atoms with E-state index in [4.69, 9.17) is 16.6 Å². The summed E-state index contributed by atoms with van der Waals surface area (Å²) in [5.74, 6) is -0.854. The first-order valence-electron chi connectivity index (χ1n) is 5.51. The van der Waals surface area contributed by atoms with Gasteiger partial charge in [0, 0.05) is 6.54 Å². The topological polar surface area (TPSA) is 92.6 Å². The summed E-state index contributed by atoms with van der Waals surface area (Å²) in [4.78, 5) is 12.3. The van der Waals surface area contributed by atoms with E-state index in [1.807, 2.05) is 13.0 Å². The summed E-state index contributed by atoms with van der Waals surface area (Å²) in [6.45, 7) is 2.51. The molecule has 0 saturated carbocycles. The van der Waals surface area contributed by atoms with E-state index < -0.39 is 5.97 Å². The third kappa shape index (κ3) is 3.35. The number of benzene rings is 1. The second kappa shape index (κ2) is 5.54. The maximum absolute atomic E-state index is 10.6. The number of nitrogens with zero attached hydrogens (tertiary/aromatic N) is 1. The molecular formula is C12H19N3O2. The maximum Gasteiger partial charge on any atom is 0.317 e. The molecule has 1 aromatic rings. The molecule has 0 aromatic heterocycles. The lowest BCUT2D eigenvalue weighted by Gasteiger charge is -2.19. The first kappa shape index (κ1) is 13.3. The van der Waals surface area contributed by atoms with Gasteiger partial charge in [0.25, 0.3) is 0 Å². The normalized spacial score (nSPS) is 10.8. The van der Waals surface area contributed by atoms with Gasteiger partial charge in [-0.1, -0.05) is 13.0 Å². The molecule has 0 heterocycles. The summed E-state index contributed by atoms with van der Waals surface area (Å²) in [7, 11) is 1.75. The van der Waals surface area contributed by atoms with Crippen LogP contribution in [-0.2, 0) is 17.8 Å². The highest BCUT2D eigenvalue weighted by Gasteiger charge is 2.12. The number of anilines is 2. The molecule has 5 nitrogen and oxygen atoms in total. The van der Waals surface area contributed by atoms with Crippen molar-refractivity contribution in [1.29, 1.82) is 0 Å². The molecule has 0 aliphatic carbocycles. The zero-order chi connectivity index (χ0) is 13.0. The number of aliphatic carboxylic acids is 1. The molecule has 0 atom stereocenters. The van der Waals surface area contributed by atoms with Gasteiger partial charge in [-0.2, -0.15) is 0 Å². The van der Waals surface area contributed by atoms with Gasteiger partial charge in [-0.25, -0.2) is 0 Å². The van der Waals surface area contributed by atoms with Gasteiger partial charge in [-0.3, -0.25) is 9.69 Å². The third-order valence-corrected chi connectivity index (χ3v) is 2.70. The van der Waals surface area contributed by atoms with Crippen molar-refractivity contribution in [2.45, 2.75) is 19.9 Å². The molecule has 5 heteroatoms. The number of carbonyl (C=O) groups is 1. The highest BCUT2D eigenvalue weighted by molar-refractivity contribution is 5.70. The van der Waals surface area contributed by atoms with Crippen LogP contribution in [0, 0.1) is 0 Å². The number of nitrogen functional groups attached to an aromatic ring is 2. The number of carboxylic acid groups (broad SMARTS) is 1. The van der Waals surface area contributed by atoms with Crippen LogP contribution < -0.4 is 11.5 Å². The van der Waals surface area contributed by atoms with Crippen LogP contribution >= 0.6 is 0 Å². The minimum absolute atomic E-state index is 0.0165. The van der Waals surface area contributed by atoms with E-state index >= 15 is 0 Å². The smallest absolute Gasteiger partial charge is 0.317 e. The molecule has 0 radical (unpaired) electrons. The number of hydrogen-bond acceptors (Lipinski definition) is 4. The third-order valence-electron chi connectivity index (χ3n) is 2.70. The molecule has 1 aromatic carbocycles. The predicted octanol–water partition coefficient (Wildman–Crippen LogP) is 0.930. The zero-order valence-corrected chi connectivity index (χ0v) is 10.2. The van der Waals surface area contributed by atoms with Crippen molar-refractivity contribution in [2.75, 3.05) is 25.1 Å². The van der Waals surface area contributed by atoms with E-state index in [0.29, 0.717) is 17.9 Å². The van der Waals surface area contributed by atoms with Gasteiger partial charge in [0.2, 0.25) is 0 Å². The van der Waals surface area contributed by atoms with E-state index in [1.165, 1.54) is 0 Å². The van der Waals surface area contributed by atoms with Crippen LogP contribution in [0.15, 0.2) is 12.1 Å². The van der Waals surface area contributed by atoms with Crippen molar-refractivity contribution in [1.82, 2.24) is 4.90 Å². The van der Waals surface area contributed by atoms with Gasteiger partial charge in [0.05, 0.1) is 17.9 Å². The highest BCUT2D eigenvalue weighted by atomic mass is 16.4. The second-order valence-electron chi connectivity index (χ2n) is 4.13. The quantitative estimate of drug-likeness (QED) is 0.662. The lowest BCUT2D eigenvalue weighted by Crippen LogP contribution is -2.26. The Bertz CT molecular complexity index is 418. The molecule has 0 bridgehead atoms. The molecule has 0 fully saturated rings. The number of carboxylic acids is 1. The molecule has 0 amide bonds. The lowest BCUT2D eigenvalue weighted by molar-refractivity contribution is -0.138. The van der Waals surface area contributed by atoms with Crippen molar-refractivity contribution in [3.8, 4) is 0 Å². The Morgan fingerprint density at radius 1 is 1.41 bits per heavy atom. The molecule has 0 spiro atoms. The van der Waals surface area contributed by atoms with Gasteiger partial charge >= 0.3 is 5.97 Å². The van der Waals surface area contributed by atoms with Crippen molar-refractivity contribution < 1.29 is 9.90 Å². The molecule has 5 N–H and O–H groups in total. The standard InChI is InChI=1S/C12H19N3O2/c1-3-8-4-5-10(13)12(14)9(8)6-15(2)7-11(16)17/h4-5H,3,6-7,13-14H2,1-2H3,(H,16,17). The summed E-state index contributed by atoms with van der Waals surface area (Å²) >= 11 is 0. The van der Waals surface area contributed by atoms with E-state index in [2.05, 4.69) is 0 Å². The molecule has 0 unspecified atom stereocenters. The van der Waals surface area contributed by atoms with Gasteiger partial charge in [0.15, 0.2) is 0 Å². The number of nitrogens with two attached hydrogens (primary N) is 2. The van der Waals surface area contributed by atoms with Gasteiger partial charge in [-0.15, -0.1) is 0 Å². The SMILES string of the molecule is CCc1ccc(N)c(N)c1CN(C)CC(=O)O. The van der Waals surface area contributed by atoms with Crippen molar-refractivity contribution in [3.63, 3.8) is 0 Å². The fraction of sp³-hybridized carbons (Fsp3) is 0.417. The van der Waals surface area contributed by atoms with Crippen LogP contribution in [0.3, 0.4) is 0 Å². The van der Waals surface area contributed by atoms with Gasteiger partial charge in [-0.05, 0) is 30.7 Å². The lowest BCUT2D eigenvalue weighted by atomic mass is 10.0. The maximum atomic E-state index is 10.6. The van der Waals surface area contributed by atoms with Crippen LogP contribution in [0.1, 0.15) is 18.1 Å². The average molecular weight is 237 g/mol. The van der Waals surface area contributed by atoms with E-state index in [9.17, 15) is 4.79 Å². The number of rotatable bonds is 5. The Kier molecular flexibility index (Phi) is 4.34. The summed E-state index contributed by atoms with van der Waals surface area (Å²) in [6, 6.07) is 3.73. The molecule has 0 aliphatic heterocycles. The fourth-order valence-electron chi connectivity index (χ4n) is 1.80. The molecular weight excluding hydrogens is 218 g/mol. The molecule has 94 valence electrons. The van der Waals surface area contributed by atoms with Crippen LogP contribution in [-0.4, -0.2) is 29.6 Å². The molecule has 1 rings (SSSR count). The molecule has 17 heavy (non-hydrogen) atoms.